The van der Waals surface area contributed by atoms with E-state index < -0.39 is 11.7 Å². The average Bonchev–Trinajstić information content (AvgIpc) is 2.61. The second-order valence-corrected chi connectivity index (χ2v) is 5.19. The lowest BCUT2D eigenvalue weighted by molar-refractivity contribution is -0.137. The lowest BCUT2D eigenvalue weighted by atomic mass is 10.0. The van der Waals surface area contributed by atoms with Crippen molar-refractivity contribution in [1.29, 1.82) is 0 Å². The van der Waals surface area contributed by atoms with Gasteiger partial charge in [-0.15, -0.1) is 0 Å². The van der Waals surface area contributed by atoms with Gasteiger partial charge in [0, 0.05) is 18.2 Å². The zero-order valence-corrected chi connectivity index (χ0v) is 14.3. The Labute approximate surface area is 145 Å². The van der Waals surface area contributed by atoms with E-state index in [0.29, 0.717) is 29.4 Å². The Morgan fingerprint density at radius 2 is 1.72 bits per heavy atom. The maximum atomic E-state index is 13.0. The van der Waals surface area contributed by atoms with Crippen molar-refractivity contribution in [3.63, 3.8) is 0 Å². The van der Waals surface area contributed by atoms with Gasteiger partial charge in [0.25, 0.3) is 0 Å². The lowest BCUT2D eigenvalue weighted by Crippen LogP contribution is -2.11. The molecule has 0 radical (unpaired) electrons. The lowest BCUT2D eigenvalue weighted by Gasteiger charge is -2.17. The minimum absolute atomic E-state index is 0.326. The van der Waals surface area contributed by atoms with Crippen molar-refractivity contribution < 1.29 is 22.6 Å². The van der Waals surface area contributed by atoms with Crippen LogP contribution in [-0.4, -0.2) is 20.8 Å². The highest BCUT2D eigenvalue weighted by atomic mass is 19.4. The van der Waals surface area contributed by atoms with E-state index in [1.165, 1.54) is 6.07 Å². The molecular formula is C19H20F3NO2. The van der Waals surface area contributed by atoms with E-state index in [4.69, 9.17) is 9.47 Å². The Kier molecular flexibility index (Phi) is 5.96. The number of methoxy groups -OCH3 is 1. The van der Waals surface area contributed by atoms with E-state index in [1.54, 1.807) is 39.3 Å². The molecular weight excluding hydrogens is 331 g/mol. The minimum Gasteiger partial charge on any atom is -0.497 e. The van der Waals surface area contributed by atoms with Gasteiger partial charge in [-0.3, -0.25) is 0 Å². The third kappa shape index (κ3) is 4.47. The molecule has 2 rings (SSSR count). The molecule has 0 amide bonds. The van der Waals surface area contributed by atoms with Gasteiger partial charge in [0.15, 0.2) is 0 Å². The summed E-state index contributed by atoms with van der Waals surface area (Å²) < 4.78 is 49.9. The molecule has 2 aromatic rings. The number of nitrogens with one attached hydrogen (secondary N) is 1. The van der Waals surface area contributed by atoms with E-state index in [9.17, 15) is 13.2 Å². The van der Waals surface area contributed by atoms with Gasteiger partial charge in [-0.2, -0.15) is 13.2 Å². The van der Waals surface area contributed by atoms with Crippen molar-refractivity contribution in [2.24, 2.45) is 0 Å². The number of hydrogen-bond acceptors (Lipinski definition) is 3. The van der Waals surface area contributed by atoms with Crippen molar-refractivity contribution in [3.8, 4) is 5.75 Å². The van der Waals surface area contributed by atoms with Crippen LogP contribution in [0.5, 0.6) is 5.75 Å². The number of halogens is 3. The summed E-state index contributed by atoms with van der Waals surface area (Å²) in [7, 11) is 3.27. The summed E-state index contributed by atoms with van der Waals surface area (Å²) in [6, 6.07) is 12.3. The molecule has 1 N–H and O–H groups in total. The van der Waals surface area contributed by atoms with Crippen LogP contribution in [0.1, 0.15) is 23.6 Å². The second-order valence-electron chi connectivity index (χ2n) is 5.19. The van der Waals surface area contributed by atoms with Crippen LogP contribution in [0.15, 0.2) is 48.5 Å². The van der Waals surface area contributed by atoms with Crippen molar-refractivity contribution in [3.05, 3.63) is 65.2 Å². The van der Waals surface area contributed by atoms with Gasteiger partial charge in [0.05, 0.1) is 25.0 Å². The summed E-state index contributed by atoms with van der Waals surface area (Å²) >= 11 is 0. The van der Waals surface area contributed by atoms with Gasteiger partial charge in [-0.1, -0.05) is 12.1 Å². The molecule has 0 saturated heterocycles. The van der Waals surface area contributed by atoms with Crippen molar-refractivity contribution in [2.45, 2.75) is 13.1 Å². The Hall–Kier alpha value is -2.63. The highest BCUT2D eigenvalue weighted by Gasteiger charge is 2.31. The van der Waals surface area contributed by atoms with Gasteiger partial charge in [-0.05, 0) is 43.3 Å². The third-order valence-corrected chi connectivity index (χ3v) is 3.60. The standard InChI is InChI=1S/C19H20F3NO2/c1-4-25-18(14-6-5-7-15(12-14)19(20,21)22)17(23-2)13-8-10-16(24-3)11-9-13/h5-12,23H,4H2,1-3H3/b18-17-. The first kappa shape index (κ1) is 18.7. The van der Waals surface area contributed by atoms with Gasteiger partial charge in [0.1, 0.15) is 11.5 Å². The Morgan fingerprint density at radius 3 is 2.24 bits per heavy atom. The van der Waals surface area contributed by atoms with Crippen LogP contribution in [0, 0.1) is 0 Å². The van der Waals surface area contributed by atoms with Gasteiger partial charge < -0.3 is 14.8 Å². The summed E-state index contributed by atoms with van der Waals surface area (Å²) in [4.78, 5) is 0. The average molecular weight is 351 g/mol. The number of hydrogen-bond donors (Lipinski definition) is 1. The van der Waals surface area contributed by atoms with Crippen LogP contribution in [-0.2, 0) is 10.9 Å². The quantitative estimate of drug-likeness (QED) is 0.599. The molecule has 6 heteroatoms. The van der Waals surface area contributed by atoms with Crippen molar-refractivity contribution >= 4 is 11.5 Å². The largest absolute Gasteiger partial charge is 0.497 e. The van der Waals surface area contributed by atoms with E-state index >= 15 is 0 Å². The summed E-state index contributed by atoms with van der Waals surface area (Å²) in [6.07, 6.45) is -4.41. The number of benzene rings is 2. The van der Waals surface area contributed by atoms with Crippen LogP contribution >= 0.6 is 0 Å². The number of rotatable bonds is 6. The van der Waals surface area contributed by atoms with Crippen LogP contribution in [0.4, 0.5) is 13.2 Å². The Bertz CT molecular complexity index is 737. The summed E-state index contributed by atoms with van der Waals surface area (Å²) in [5.74, 6) is 1.05. The monoisotopic (exact) mass is 351 g/mol. The normalized spacial score (nSPS) is 12.4. The molecule has 0 saturated carbocycles. The molecule has 2 aromatic carbocycles. The predicted octanol–water partition coefficient (Wildman–Crippen LogP) is 4.80. The smallest absolute Gasteiger partial charge is 0.416 e. The fourth-order valence-corrected chi connectivity index (χ4v) is 2.43. The van der Waals surface area contributed by atoms with Crippen molar-refractivity contribution in [1.82, 2.24) is 5.32 Å². The summed E-state index contributed by atoms with van der Waals surface area (Å²) in [5, 5.41) is 3.03. The molecule has 0 unspecified atom stereocenters. The van der Waals surface area contributed by atoms with E-state index in [-0.39, 0.29) is 0 Å². The topological polar surface area (TPSA) is 30.5 Å². The molecule has 0 aromatic heterocycles. The number of alkyl halides is 3. The zero-order chi connectivity index (χ0) is 18.4. The first-order chi connectivity index (χ1) is 11.9. The van der Waals surface area contributed by atoms with Gasteiger partial charge in [-0.25, -0.2) is 0 Å². The van der Waals surface area contributed by atoms with Crippen LogP contribution < -0.4 is 10.1 Å². The Balaban J connectivity index is 2.57. The zero-order valence-electron chi connectivity index (χ0n) is 14.3. The summed E-state index contributed by atoms with van der Waals surface area (Å²) in [6.45, 7) is 2.11. The highest BCUT2D eigenvalue weighted by Crippen LogP contribution is 2.33. The van der Waals surface area contributed by atoms with Crippen LogP contribution in [0.25, 0.3) is 11.5 Å². The van der Waals surface area contributed by atoms with E-state index in [1.807, 2.05) is 12.1 Å². The van der Waals surface area contributed by atoms with Crippen LogP contribution in [0.3, 0.4) is 0 Å². The van der Waals surface area contributed by atoms with Crippen LogP contribution in [0.2, 0.25) is 0 Å². The van der Waals surface area contributed by atoms with E-state index in [2.05, 4.69) is 5.32 Å². The fourth-order valence-electron chi connectivity index (χ4n) is 2.43. The summed E-state index contributed by atoms with van der Waals surface area (Å²) in [5.41, 5.74) is 1.03. The predicted molar refractivity (Wildman–Crippen MR) is 91.9 cm³/mol. The molecule has 25 heavy (non-hydrogen) atoms. The highest BCUT2D eigenvalue weighted by molar-refractivity contribution is 5.86. The molecule has 0 fully saturated rings. The molecule has 0 aliphatic carbocycles. The first-order valence-corrected chi connectivity index (χ1v) is 7.77. The molecule has 0 aliphatic rings. The molecule has 0 atom stereocenters. The molecule has 134 valence electrons. The Morgan fingerprint density at radius 1 is 1.04 bits per heavy atom. The fraction of sp³-hybridized carbons (Fsp3) is 0.263. The number of ether oxygens (including phenoxy) is 2. The van der Waals surface area contributed by atoms with Crippen molar-refractivity contribution in [2.75, 3.05) is 20.8 Å². The second kappa shape index (κ2) is 7.96. The maximum Gasteiger partial charge on any atom is 0.416 e. The molecule has 3 nitrogen and oxygen atoms in total. The van der Waals surface area contributed by atoms with Gasteiger partial charge >= 0.3 is 6.18 Å². The minimum atomic E-state index is -4.41. The first-order valence-electron chi connectivity index (χ1n) is 7.77. The maximum absolute atomic E-state index is 13.0. The molecule has 0 spiro atoms. The molecule has 0 bridgehead atoms. The molecule has 0 aliphatic heterocycles. The SMILES string of the molecule is CCO/C(=C(\NC)c1ccc(OC)cc1)c1cccc(C(F)(F)F)c1. The third-order valence-electron chi connectivity index (χ3n) is 3.60. The van der Waals surface area contributed by atoms with E-state index in [0.717, 1.165) is 17.7 Å². The van der Waals surface area contributed by atoms with Gasteiger partial charge in [0.2, 0.25) is 0 Å². The molecule has 0 heterocycles.